The quantitative estimate of drug-likeness (QED) is 0.120. The lowest BCUT2D eigenvalue weighted by Crippen LogP contribution is -2.25. The van der Waals surface area contributed by atoms with E-state index in [-0.39, 0.29) is 11.3 Å². The van der Waals surface area contributed by atoms with Crippen molar-refractivity contribution in [1.29, 1.82) is 0 Å². The Hall–Kier alpha value is -3.92. The third-order valence-electron chi connectivity index (χ3n) is 8.85. The van der Waals surface area contributed by atoms with Crippen molar-refractivity contribution in [3.05, 3.63) is 81.5 Å². The van der Waals surface area contributed by atoms with Gasteiger partial charge in [0.2, 0.25) is 0 Å². The molecule has 0 aliphatic rings. The average Bonchev–Trinajstić information content (AvgIpc) is 3.76. The molecule has 0 saturated carbocycles. The largest absolute Gasteiger partial charge is 0.422 e. The van der Waals surface area contributed by atoms with E-state index in [2.05, 4.69) is 67.8 Å². The topological polar surface area (TPSA) is 66.9 Å². The van der Waals surface area contributed by atoms with Crippen molar-refractivity contribution in [2.45, 2.75) is 53.4 Å². The maximum Gasteiger partial charge on any atom is 0.345 e. The SMILES string of the molecule is CCCCN(CCCC)c1ccc2cc(-c3cc4sc5cc(-c6cc7ccc(N(CC)CC)cc7oc6=O)sc5c4s3)c(=O)oc2c1. The molecule has 242 valence electrons. The summed E-state index contributed by atoms with van der Waals surface area (Å²) in [6.07, 6.45) is 4.55. The highest BCUT2D eigenvalue weighted by Crippen LogP contribution is 2.47. The molecule has 0 aliphatic carbocycles. The van der Waals surface area contributed by atoms with Gasteiger partial charge in [-0.3, -0.25) is 0 Å². The van der Waals surface area contributed by atoms with E-state index in [1.165, 1.54) is 0 Å². The fourth-order valence-electron chi connectivity index (χ4n) is 6.19. The first kappa shape index (κ1) is 31.7. The molecule has 5 aromatic heterocycles. The standard InChI is InChI=1S/C38H38N2O4S3/c1-5-9-15-40(16-10-6-2)26-14-12-24-18-28(38(42)44-30(24)20-26)32-22-34-36(47-32)35-33(45-34)21-31(46-35)27-17-23-11-13-25(39(7-3)8-4)19-29(23)43-37(27)41/h11-14,17-22H,5-10,15-16H2,1-4H3. The van der Waals surface area contributed by atoms with Crippen LogP contribution in [0.3, 0.4) is 0 Å². The van der Waals surface area contributed by atoms with Gasteiger partial charge >= 0.3 is 11.3 Å². The van der Waals surface area contributed by atoms with Gasteiger partial charge in [0.1, 0.15) is 11.2 Å². The van der Waals surface area contributed by atoms with Gasteiger partial charge in [-0.1, -0.05) is 26.7 Å². The van der Waals surface area contributed by atoms with E-state index in [1.807, 2.05) is 30.3 Å². The average molecular weight is 683 g/mol. The van der Waals surface area contributed by atoms with Gasteiger partial charge in [-0.2, -0.15) is 0 Å². The van der Waals surface area contributed by atoms with Crippen LogP contribution < -0.4 is 21.1 Å². The summed E-state index contributed by atoms with van der Waals surface area (Å²) in [7, 11) is 0. The number of rotatable bonds is 12. The molecule has 7 rings (SSSR count). The van der Waals surface area contributed by atoms with Crippen LogP contribution in [0.4, 0.5) is 11.4 Å². The minimum absolute atomic E-state index is 0.321. The molecule has 0 saturated heterocycles. The first-order valence-electron chi connectivity index (χ1n) is 16.5. The smallest absolute Gasteiger partial charge is 0.345 e. The number of fused-ring (bicyclic) bond motifs is 5. The number of nitrogens with zero attached hydrogens (tertiary/aromatic N) is 2. The molecule has 6 nitrogen and oxygen atoms in total. The lowest BCUT2D eigenvalue weighted by atomic mass is 10.1. The molecular formula is C38H38N2O4S3. The summed E-state index contributed by atoms with van der Waals surface area (Å²) < 4.78 is 16.3. The van der Waals surface area contributed by atoms with Crippen LogP contribution >= 0.6 is 34.0 Å². The van der Waals surface area contributed by atoms with Crippen molar-refractivity contribution in [3.8, 4) is 20.9 Å². The van der Waals surface area contributed by atoms with E-state index in [0.29, 0.717) is 22.3 Å². The summed E-state index contributed by atoms with van der Waals surface area (Å²) >= 11 is 4.89. The van der Waals surface area contributed by atoms with Crippen LogP contribution in [0.2, 0.25) is 0 Å². The Morgan fingerprint density at radius 2 is 1.04 bits per heavy atom. The molecule has 0 atom stereocenters. The maximum atomic E-state index is 13.3. The van der Waals surface area contributed by atoms with Crippen LogP contribution in [-0.2, 0) is 0 Å². The molecule has 0 aliphatic heterocycles. The third kappa shape index (κ3) is 6.01. The first-order valence-corrected chi connectivity index (χ1v) is 19.0. The van der Waals surface area contributed by atoms with Crippen LogP contribution in [0.25, 0.3) is 61.6 Å². The zero-order chi connectivity index (χ0) is 32.7. The van der Waals surface area contributed by atoms with Gasteiger partial charge in [0, 0.05) is 79.6 Å². The maximum absolute atomic E-state index is 13.3. The first-order chi connectivity index (χ1) is 22.9. The van der Waals surface area contributed by atoms with E-state index >= 15 is 0 Å². The minimum atomic E-state index is -0.331. The Morgan fingerprint density at radius 3 is 1.49 bits per heavy atom. The van der Waals surface area contributed by atoms with Crippen molar-refractivity contribution < 1.29 is 8.83 Å². The Morgan fingerprint density at radius 1 is 0.574 bits per heavy atom. The third-order valence-corrected chi connectivity index (χ3v) is 12.7. The second-order valence-corrected chi connectivity index (χ2v) is 15.1. The van der Waals surface area contributed by atoms with Gasteiger partial charge in [0.05, 0.1) is 20.5 Å². The van der Waals surface area contributed by atoms with Gasteiger partial charge in [0.25, 0.3) is 0 Å². The Balaban J connectivity index is 1.21. The normalized spacial score (nSPS) is 11.8. The van der Waals surface area contributed by atoms with Crippen molar-refractivity contribution in [2.24, 2.45) is 0 Å². The summed E-state index contributed by atoms with van der Waals surface area (Å²) in [6, 6.07) is 20.4. The summed E-state index contributed by atoms with van der Waals surface area (Å²) in [6.45, 7) is 12.4. The van der Waals surface area contributed by atoms with Crippen molar-refractivity contribution >= 4 is 86.1 Å². The molecule has 0 amide bonds. The fraction of sp³-hybridized carbons (Fsp3) is 0.316. The van der Waals surface area contributed by atoms with E-state index in [4.69, 9.17) is 8.83 Å². The number of unbranched alkanes of at least 4 members (excludes halogenated alkanes) is 2. The van der Waals surface area contributed by atoms with Gasteiger partial charge < -0.3 is 18.6 Å². The van der Waals surface area contributed by atoms with Crippen LogP contribution in [0, 0.1) is 0 Å². The summed E-state index contributed by atoms with van der Waals surface area (Å²) in [5.41, 5.74) is 3.88. The zero-order valence-corrected chi connectivity index (χ0v) is 29.6. The summed E-state index contributed by atoms with van der Waals surface area (Å²) in [5.74, 6) is 0. The Labute approximate surface area is 285 Å². The molecule has 0 N–H and O–H groups in total. The Kier molecular flexibility index (Phi) is 8.96. The number of anilines is 2. The highest BCUT2D eigenvalue weighted by atomic mass is 32.1. The number of hydrogen-bond donors (Lipinski definition) is 0. The molecule has 7 aromatic rings. The monoisotopic (exact) mass is 682 g/mol. The molecule has 0 fully saturated rings. The van der Waals surface area contributed by atoms with Crippen molar-refractivity contribution in [2.75, 3.05) is 36.0 Å². The van der Waals surface area contributed by atoms with Crippen molar-refractivity contribution in [3.63, 3.8) is 0 Å². The molecule has 0 unspecified atom stereocenters. The lowest BCUT2D eigenvalue weighted by molar-refractivity contribution is 0.563. The molecular weight excluding hydrogens is 645 g/mol. The van der Waals surface area contributed by atoms with E-state index in [1.54, 1.807) is 34.0 Å². The van der Waals surface area contributed by atoms with Gasteiger partial charge in [-0.25, -0.2) is 9.59 Å². The molecule has 0 bridgehead atoms. The zero-order valence-electron chi connectivity index (χ0n) is 27.2. The second-order valence-electron chi connectivity index (χ2n) is 11.9. The number of benzene rings is 2. The predicted octanol–water partition coefficient (Wildman–Crippen LogP) is 11.0. The summed E-state index contributed by atoms with van der Waals surface area (Å²) in [4.78, 5) is 32.9. The predicted molar refractivity (Wildman–Crippen MR) is 204 cm³/mol. The van der Waals surface area contributed by atoms with Crippen molar-refractivity contribution in [1.82, 2.24) is 0 Å². The van der Waals surface area contributed by atoms with Gasteiger partial charge in [-0.15, -0.1) is 34.0 Å². The van der Waals surface area contributed by atoms with Crippen LogP contribution in [0.15, 0.2) is 79.1 Å². The van der Waals surface area contributed by atoms with Gasteiger partial charge in [0.15, 0.2) is 0 Å². The van der Waals surface area contributed by atoms with E-state index < -0.39 is 0 Å². The Bertz CT molecular complexity index is 2330. The molecule has 0 radical (unpaired) electrons. The highest BCUT2D eigenvalue weighted by Gasteiger charge is 2.19. The number of thiophene rings is 3. The van der Waals surface area contributed by atoms with E-state index in [0.717, 1.165) is 103 Å². The van der Waals surface area contributed by atoms with Gasteiger partial charge in [-0.05, 0) is 75.2 Å². The molecule has 47 heavy (non-hydrogen) atoms. The fourth-order valence-corrected chi connectivity index (χ4v) is 10.2. The van der Waals surface area contributed by atoms with Crippen LogP contribution in [-0.4, -0.2) is 26.2 Å². The molecule has 5 heterocycles. The van der Waals surface area contributed by atoms with Crippen LogP contribution in [0.1, 0.15) is 53.4 Å². The molecule has 2 aromatic carbocycles. The summed E-state index contributed by atoms with van der Waals surface area (Å²) in [5, 5.41) is 1.82. The van der Waals surface area contributed by atoms with E-state index in [9.17, 15) is 9.59 Å². The molecule has 0 spiro atoms. The van der Waals surface area contributed by atoms with Crippen LogP contribution in [0.5, 0.6) is 0 Å². The minimum Gasteiger partial charge on any atom is -0.422 e. The second kappa shape index (κ2) is 13.3. The number of hydrogen-bond acceptors (Lipinski definition) is 9. The molecule has 9 heteroatoms. The lowest BCUT2D eigenvalue weighted by Gasteiger charge is -2.24. The highest BCUT2D eigenvalue weighted by molar-refractivity contribution is 7.40.